The number of carbonyl (C=O) groups is 2. The second kappa shape index (κ2) is 11.3. The monoisotopic (exact) mass is 522 g/mol. The zero-order valence-corrected chi connectivity index (χ0v) is 22.9. The molecule has 1 aromatic rings. The predicted octanol–water partition coefficient (Wildman–Crippen LogP) is 2.66. The summed E-state index contributed by atoms with van der Waals surface area (Å²) >= 11 is 0. The number of nitrogens with zero attached hydrogens (tertiary/aromatic N) is 3. The maximum atomic E-state index is 12.5. The van der Waals surface area contributed by atoms with Crippen LogP contribution in [0.4, 0.5) is 0 Å². The molecule has 206 valence electrons. The molecule has 0 bridgehead atoms. The summed E-state index contributed by atoms with van der Waals surface area (Å²) in [7, 11) is 6.05. The minimum atomic E-state index is -0.523. The summed E-state index contributed by atoms with van der Waals surface area (Å²) in [4.78, 5) is 33.9. The highest BCUT2D eigenvalue weighted by atomic mass is 16.5. The minimum absolute atomic E-state index is 0.0259. The Morgan fingerprint density at radius 1 is 1.16 bits per heavy atom. The molecule has 2 atom stereocenters. The SMILES string of the molecule is COC1C=CN=C(CNC(=O)C(=O)CC2CCC2)N1[C@@H]1CC2(CCC(c3ccccc3)(N(C)C)CC2)NN1. The Kier molecular flexibility index (Phi) is 8.00. The number of amides is 1. The van der Waals surface area contributed by atoms with Gasteiger partial charge in [-0.2, -0.15) is 0 Å². The number of ether oxygens (including phenoxy) is 1. The van der Waals surface area contributed by atoms with Crippen LogP contribution in [0.1, 0.15) is 63.4 Å². The van der Waals surface area contributed by atoms with Gasteiger partial charge in [-0.05, 0) is 70.2 Å². The number of amidine groups is 1. The fourth-order valence-electron chi connectivity index (χ4n) is 6.60. The topological polar surface area (TPSA) is 98.3 Å². The lowest BCUT2D eigenvalue weighted by molar-refractivity contribution is -0.138. The Labute approximate surface area is 226 Å². The number of methoxy groups -OCH3 is 1. The largest absolute Gasteiger partial charge is 0.358 e. The van der Waals surface area contributed by atoms with E-state index in [0.29, 0.717) is 18.2 Å². The van der Waals surface area contributed by atoms with Crippen molar-refractivity contribution in [2.75, 3.05) is 27.7 Å². The highest BCUT2D eigenvalue weighted by Gasteiger charge is 2.50. The summed E-state index contributed by atoms with van der Waals surface area (Å²) in [6, 6.07) is 10.8. The summed E-state index contributed by atoms with van der Waals surface area (Å²) in [6.07, 6.45) is 11.9. The molecule has 0 aromatic heterocycles. The van der Waals surface area contributed by atoms with Crippen molar-refractivity contribution < 1.29 is 14.3 Å². The van der Waals surface area contributed by atoms with Gasteiger partial charge in [0.25, 0.3) is 5.91 Å². The van der Waals surface area contributed by atoms with Gasteiger partial charge in [0.15, 0.2) is 6.23 Å². The van der Waals surface area contributed by atoms with Gasteiger partial charge >= 0.3 is 0 Å². The van der Waals surface area contributed by atoms with Crippen LogP contribution in [0, 0.1) is 5.92 Å². The van der Waals surface area contributed by atoms with Gasteiger partial charge in [0.2, 0.25) is 5.78 Å². The lowest BCUT2D eigenvalue weighted by Gasteiger charge is -2.49. The van der Waals surface area contributed by atoms with Crippen molar-refractivity contribution in [3.63, 3.8) is 0 Å². The van der Waals surface area contributed by atoms with Gasteiger partial charge in [-0.25, -0.2) is 15.8 Å². The molecule has 1 unspecified atom stereocenters. The first kappa shape index (κ1) is 27.0. The van der Waals surface area contributed by atoms with E-state index in [9.17, 15) is 9.59 Å². The summed E-state index contributed by atoms with van der Waals surface area (Å²) in [5.41, 5.74) is 8.53. The number of aliphatic imine (C=N–C) groups is 1. The quantitative estimate of drug-likeness (QED) is 0.429. The van der Waals surface area contributed by atoms with Gasteiger partial charge in [0.05, 0.1) is 12.7 Å². The predicted molar refractivity (Wildman–Crippen MR) is 147 cm³/mol. The van der Waals surface area contributed by atoms with Crippen LogP contribution in [0.25, 0.3) is 0 Å². The molecule has 2 aliphatic carbocycles. The molecule has 3 fully saturated rings. The zero-order chi connectivity index (χ0) is 26.8. The maximum Gasteiger partial charge on any atom is 0.287 e. The highest BCUT2D eigenvalue weighted by Crippen LogP contribution is 2.47. The second-order valence-corrected chi connectivity index (χ2v) is 11.6. The lowest BCUT2D eigenvalue weighted by Crippen LogP contribution is -2.56. The molecular formula is C29H42N6O3. The van der Waals surface area contributed by atoms with Crippen LogP contribution < -0.4 is 16.2 Å². The number of hydrogen-bond donors (Lipinski definition) is 3. The summed E-state index contributed by atoms with van der Waals surface area (Å²) in [6.45, 7) is 0.183. The molecule has 4 aliphatic rings. The fourth-order valence-corrected chi connectivity index (χ4v) is 6.60. The third kappa shape index (κ3) is 5.30. The number of Topliss-reactive ketones (excluding diaryl/α,β-unsaturated/α-hetero) is 1. The van der Waals surface area contributed by atoms with Crippen molar-refractivity contribution in [2.45, 2.75) is 81.3 Å². The second-order valence-electron chi connectivity index (χ2n) is 11.6. The van der Waals surface area contributed by atoms with Crippen LogP contribution in [0.15, 0.2) is 47.6 Å². The van der Waals surface area contributed by atoms with E-state index in [2.05, 4.69) is 75.4 Å². The maximum absolute atomic E-state index is 12.5. The van der Waals surface area contributed by atoms with Crippen molar-refractivity contribution in [1.29, 1.82) is 0 Å². The van der Waals surface area contributed by atoms with E-state index in [-0.39, 0.29) is 35.8 Å². The van der Waals surface area contributed by atoms with E-state index in [1.165, 1.54) is 5.56 Å². The summed E-state index contributed by atoms with van der Waals surface area (Å²) < 4.78 is 5.78. The van der Waals surface area contributed by atoms with Crippen LogP contribution in [0.5, 0.6) is 0 Å². The summed E-state index contributed by atoms with van der Waals surface area (Å²) in [5.74, 6) is 0.195. The van der Waals surface area contributed by atoms with E-state index < -0.39 is 5.91 Å². The van der Waals surface area contributed by atoms with Crippen molar-refractivity contribution >= 4 is 17.5 Å². The number of carbonyl (C=O) groups excluding carboxylic acids is 2. The van der Waals surface area contributed by atoms with Crippen LogP contribution in [0.3, 0.4) is 0 Å². The van der Waals surface area contributed by atoms with E-state index in [1.807, 2.05) is 6.08 Å². The summed E-state index contributed by atoms with van der Waals surface area (Å²) in [5, 5.41) is 2.81. The molecule has 2 heterocycles. The molecule has 2 saturated carbocycles. The Hall–Kier alpha value is -2.59. The zero-order valence-electron chi connectivity index (χ0n) is 22.9. The van der Waals surface area contributed by atoms with Crippen molar-refractivity contribution in [3.05, 3.63) is 48.2 Å². The third-order valence-corrected chi connectivity index (χ3v) is 9.27. The molecule has 1 amide bonds. The van der Waals surface area contributed by atoms with Gasteiger partial charge in [-0.3, -0.25) is 14.5 Å². The first-order valence-corrected chi connectivity index (χ1v) is 14.0. The van der Waals surface area contributed by atoms with Gasteiger partial charge in [0, 0.05) is 37.2 Å². The van der Waals surface area contributed by atoms with Crippen LogP contribution in [0.2, 0.25) is 0 Å². The van der Waals surface area contributed by atoms with Crippen LogP contribution in [-0.4, -0.2) is 73.0 Å². The molecule has 5 rings (SSSR count). The third-order valence-electron chi connectivity index (χ3n) is 9.27. The van der Waals surface area contributed by atoms with Gasteiger partial charge in [-0.15, -0.1) is 0 Å². The van der Waals surface area contributed by atoms with Gasteiger partial charge in [0.1, 0.15) is 5.84 Å². The first-order chi connectivity index (χ1) is 18.4. The normalized spacial score (nSPS) is 31.4. The number of hydrazine groups is 1. The van der Waals surface area contributed by atoms with Crippen molar-refractivity contribution in [3.8, 4) is 0 Å². The fraction of sp³-hybridized carbons (Fsp3) is 0.621. The lowest BCUT2D eigenvalue weighted by atomic mass is 9.68. The Balaban J connectivity index is 1.24. The number of hydrogen-bond acceptors (Lipinski definition) is 8. The molecule has 1 spiro atoms. The van der Waals surface area contributed by atoms with E-state index in [0.717, 1.165) is 51.4 Å². The highest BCUT2D eigenvalue weighted by molar-refractivity contribution is 6.36. The smallest absolute Gasteiger partial charge is 0.287 e. The number of ketones is 1. The minimum Gasteiger partial charge on any atom is -0.358 e. The molecule has 9 heteroatoms. The molecule has 1 aromatic carbocycles. The molecule has 1 saturated heterocycles. The molecule has 2 aliphatic heterocycles. The molecule has 0 radical (unpaired) electrons. The average molecular weight is 523 g/mol. The Morgan fingerprint density at radius 2 is 1.89 bits per heavy atom. The Morgan fingerprint density at radius 3 is 2.53 bits per heavy atom. The van der Waals surface area contributed by atoms with Crippen LogP contribution in [-0.2, 0) is 19.9 Å². The van der Waals surface area contributed by atoms with Crippen molar-refractivity contribution in [2.24, 2.45) is 10.9 Å². The Bertz CT molecular complexity index is 1060. The number of rotatable bonds is 9. The molecule has 38 heavy (non-hydrogen) atoms. The van der Waals surface area contributed by atoms with Gasteiger partial charge < -0.3 is 15.0 Å². The first-order valence-electron chi connectivity index (χ1n) is 14.0. The number of benzene rings is 1. The van der Waals surface area contributed by atoms with Crippen LogP contribution >= 0.6 is 0 Å². The van der Waals surface area contributed by atoms with Crippen molar-refractivity contribution in [1.82, 2.24) is 26.0 Å². The average Bonchev–Trinajstić information content (AvgIpc) is 3.32. The molecular weight excluding hydrogens is 480 g/mol. The van der Waals surface area contributed by atoms with E-state index in [1.54, 1.807) is 13.3 Å². The number of nitrogens with one attached hydrogen (secondary N) is 3. The standard InChI is InChI=1S/C29H42N6O3/c1-34(2)29(22-10-5-4-6-11-22)15-13-28(14-16-29)19-24(32-33-28)35-25(30-17-12-26(35)38-3)20-31-27(37)23(36)18-21-8-7-9-21/h4-6,10-12,17,21,24,26,32-33H,7-9,13-16,18-20H2,1-3H3,(H,31,37)/t24-,26?,28?,29?/m1/s1. The van der Waals surface area contributed by atoms with E-state index >= 15 is 0 Å². The molecule has 3 N–H and O–H groups in total. The molecule has 9 nitrogen and oxygen atoms in total. The van der Waals surface area contributed by atoms with Gasteiger partial charge in [-0.1, -0.05) is 36.8 Å². The van der Waals surface area contributed by atoms with E-state index in [4.69, 9.17) is 4.74 Å².